The van der Waals surface area contributed by atoms with Gasteiger partial charge in [0.15, 0.2) is 11.5 Å². The predicted molar refractivity (Wildman–Crippen MR) is 138 cm³/mol. The normalized spacial score (nSPS) is 24.8. The van der Waals surface area contributed by atoms with E-state index in [4.69, 9.17) is 14.5 Å². The van der Waals surface area contributed by atoms with E-state index in [2.05, 4.69) is 47.0 Å². The molecule has 2 unspecified atom stereocenters. The summed E-state index contributed by atoms with van der Waals surface area (Å²) in [4.78, 5) is 7.41. The molecule has 2 fully saturated rings. The van der Waals surface area contributed by atoms with Crippen molar-refractivity contribution in [2.75, 3.05) is 33.9 Å². The number of hydrogen-bond donors (Lipinski definition) is 1. The molecule has 0 bridgehead atoms. The van der Waals surface area contributed by atoms with E-state index in [0.717, 1.165) is 85.6 Å². The highest BCUT2D eigenvalue weighted by molar-refractivity contribution is 5.87. The van der Waals surface area contributed by atoms with Crippen LogP contribution in [-0.2, 0) is 7.05 Å². The van der Waals surface area contributed by atoms with Crippen LogP contribution < -0.4 is 14.8 Å². The monoisotopic (exact) mass is 463 g/mol. The van der Waals surface area contributed by atoms with Crippen LogP contribution in [0.3, 0.4) is 0 Å². The van der Waals surface area contributed by atoms with E-state index >= 15 is 0 Å². The predicted octanol–water partition coefficient (Wildman–Crippen LogP) is 4.97. The Kier molecular flexibility index (Phi) is 6.43. The fourth-order valence-corrected chi connectivity index (χ4v) is 5.86. The summed E-state index contributed by atoms with van der Waals surface area (Å²) < 4.78 is 22.6. The van der Waals surface area contributed by atoms with Crippen molar-refractivity contribution in [2.45, 2.75) is 57.0 Å². The molecule has 2 aliphatic heterocycles. The van der Waals surface area contributed by atoms with Gasteiger partial charge in [-0.25, -0.2) is 0 Å². The minimum atomic E-state index is -0.513. The van der Waals surface area contributed by atoms with Crippen molar-refractivity contribution in [3.8, 4) is 22.8 Å². The van der Waals surface area contributed by atoms with Crippen molar-refractivity contribution in [2.24, 2.45) is 7.05 Å². The third-order valence-electron chi connectivity index (χ3n) is 7.81. The van der Waals surface area contributed by atoms with E-state index in [-0.39, 0.29) is 0 Å². The van der Waals surface area contributed by atoms with Gasteiger partial charge in [0, 0.05) is 54.9 Å². The molecule has 2 aromatic heterocycles. The van der Waals surface area contributed by atoms with Gasteiger partial charge in [0.1, 0.15) is 0 Å². The van der Waals surface area contributed by atoms with Crippen molar-refractivity contribution < 1.29 is 10.8 Å². The number of methoxy groups -OCH3 is 2. The summed E-state index contributed by atoms with van der Waals surface area (Å²) in [6, 6.07) is 10.5. The van der Waals surface area contributed by atoms with Gasteiger partial charge in [-0.3, -0.25) is 9.88 Å². The molecule has 182 valence electrons. The van der Waals surface area contributed by atoms with Crippen LogP contribution in [0.5, 0.6) is 11.5 Å². The molecule has 2 saturated heterocycles. The number of nitrogens with one attached hydrogen (secondary N) is 1. The van der Waals surface area contributed by atoms with Crippen molar-refractivity contribution in [1.82, 2.24) is 19.8 Å². The van der Waals surface area contributed by atoms with Crippen LogP contribution >= 0.6 is 0 Å². The number of likely N-dealkylation sites (tertiary alicyclic amines) is 1. The van der Waals surface area contributed by atoms with Crippen molar-refractivity contribution in [3.63, 3.8) is 0 Å². The second kappa shape index (κ2) is 9.96. The van der Waals surface area contributed by atoms with Gasteiger partial charge in [-0.05, 0) is 82.1 Å². The Labute approximate surface area is 204 Å². The maximum atomic E-state index is 9.39. The summed E-state index contributed by atoms with van der Waals surface area (Å²) in [7, 11) is 5.43. The highest BCUT2D eigenvalue weighted by Crippen LogP contribution is 2.37. The lowest BCUT2D eigenvalue weighted by atomic mass is 9.85. The van der Waals surface area contributed by atoms with Gasteiger partial charge < -0.3 is 19.4 Å². The summed E-state index contributed by atoms with van der Waals surface area (Å²) >= 11 is 0. The molecule has 0 saturated carbocycles. The van der Waals surface area contributed by atoms with Crippen molar-refractivity contribution >= 4 is 10.9 Å². The summed E-state index contributed by atoms with van der Waals surface area (Å²) in [5.74, 6) is 1.76. The molecular weight excluding hydrogens is 424 g/mol. The Morgan fingerprint density at radius 3 is 2.62 bits per heavy atom. The molecule has 0 radical (unpaired) electrons. The number of piperidine rings is 2. The molecule has 6 nitrogen and oxygen atoms in total. The molecule has 0 spiro atoms. The average molecular weight is 464 g/mol. The van der Waals surface area contributed by atoms with E-state index in [1.807, 2.05) is 18.3 Å². The number of benzene rings is 1. The first kappa shape index (κ1) is 21.9. The lowest BCUT2D eigenvalue weighted by Crippen LogP contribution is -2.51. The number of nitrogens with zero attached hydrogens (tertiary/aromatic N) is 3. The third-order valence-corrected chi connectivity index (χ3v) is 7.81. The van der Waals surface area contributed by atoms with Crippen LogP contribution in [0.15, 0.2) is 36.5 Å². The third kappa shape index (κ3) is 4.29. The van der Waals surface area contributed by atoms with Gasteiger partial charge >= 0.3 is 0 Å². The summed E-state index contributed by atoms with van der Waals surface area (Å²) in [6.07, 6.45) is 7.07. The highest BCUT2D eigenvalue weighted by atomic mass is 16.5. The molecule has 4 heterocycles. The molecule has 0 amide bonds. The molecule has 6 heteroatoms. The van der Waals surface area contributed by atoms with Crippen molar-refractivity contribution in [3.05, 3.63) is 42.2 Å². The first-order chi connectivity index (χ1) is 17.0. The zero-order chi connectivity index (χ0) is 24.6. The van der Waals surface area contributed by atoms with Crippen LogP contribution in [0.25, 0.3) is 22.2 Å². The second-order valence-corrected chi connectivity index (χ2v) is 9.61. The topological polar surface area (TPSA) is 51.6 Å². The minimum Gasteiger partial charge on any atom is -0.493 e. The molecule has 3 aromatic rings. The quantitative estimate of drug-likeness (QED) is 0.560. The smallest absolute Gasteiger partial charge is 0.161 e. The van der Waals surface area contributed by atoms with E-state index in [1.54, 1.807) is 14.2 Å². The summed E-state index contributed by atoms with van der Waals surface area (Å²) in [6.45, 7) is 5.29. The van der Waals surface area contributed by atoms with Crippen LogP contribution in [0.4, 0.5) is 0 Å². The number of ether oxygens (including phenoxy) is 2. The number of hydrogen-bond acceptors (Lipinski definition) is 5. The molecule has 0 aliphatic carbocycles. The fourth-order valence-electron chi connectivity index (χ4n) is 5.86. The van der Waals surface area contributed by atoms with Crippen LogP contribution in [0.1, 0.15) is 52.0 Å². The standard InChI is InChI=1S/C28H38N4O2/c1-5-22-14-19(10-13-32(22)23-8-11-29-12-9-23)24-17-26-21(18-30-24)15-25(31(26)2)20-6-7-27(33-3)28(16-20)34-4/h6-7,15-19,22-23,29H,5,8-14H2,1-4H3/i22D. The average Bonchev–Trinajstić information content (AvgIpc) is 3.24. The minimum absolute atomic E-state index is 0.314. The van der Waals surface area contributed by atoms with Gasteiger partial charge in [0.25, 0.3) is 0 Å². The van der Waals surface area contributed by atoms with Crippen molar-refractivity contribution in [1.29, 1.82) is 0 Å². The fraction of sp³-hybridized carbons (Fsp3) is 0.536. The van der Waals surface area contributed by atoms with E-state index in [1.165, 1.54) is 5.52 Å². The Balaban J connectivity index is 1.43. The Bertz CT molecular complexity index is 1190. The Hall–Kier alpha value is -2.57. The van der Waals surface area contributed by atoms with Crippen LogP contribution in [0, 0.1) is 0 Å². The molecule has 1 N–H and O–H groups in total. The second-order valence-electron chi connectivity index (χ2n) is 9.61. The van der Waals surface area contributed by atoms with E-state index in [9.17, 15) is 1.37 Å². The molecule has 2 aliphatic rings. The van der Waals surface area contributed by atoms with Gasteiger partial charge in [-0.2, -0.15) is 0 Å². The Morgan fingerprint density at radius 1 is 1.09 bits per heavy atom. The summed E-state index contributed by atoms with van der Waals surface area (Å²) in [5, 5.41) is 4.59. The number of fused-ring (bicyclic) bond motifs is 1. The van der Waals surface area contributed by atoms with Crippen LogP contribution in [-0.4, -0.2) is 60.4 Å². The van der Waals surface area contributed by atoms with Crippen LogP contribution in [0.2, 0.25) is 0 Å². The molecule has 5 rings (SSSR count). The van der Waals surface area contributed by atoms with Gasteiger partial charge in [0.05, 0.1) is 19.7 Å². The number of rotatable bonds is 6. The SMILES string of the molecule is [2H]C1(CC)CC(c2cc3c(cn2)cc(-c2ccc(OC)c(OC)c2)n3C)CCN1C1CCNCC1. The lowest BCUT2D eigenvalue weighted by molar-refractivity contribution is 0.0648. The zero-order valence-electron chi connectivity index (χ0n) is 21.9. The lowest BCUT2D eigenvalue weighted by Gasteiger charge is -2.45. The van der Waals surface area contributed by atoms with E-state index in [0.29, 0.717) is 12.0 Å². The van der Waals surface area contributed by atoms with Gasteiger partial charge in [0.2, 0.25) is 0 Å². The maximum Gasteiger partial charge on any atom is 0.161 e. The first-order valence-corrected chi connectivity index (χ1v) is 12.6. The van der Waals surface area contributed by atoms with Gasteiger partial charge in [-0.15, -0.1) is 0 Å². The largest absolute Gasteiger partial charge is 0.493 e. The first-order valence-electron chi connectivity index (χ1n) is 13.1. The highest BCUT2D eigenvalue weighted by Gasteiger charge is 2.33. The summed E-state index contributed by atoms with van der Waals surface area (Å²) in [5.41, 5.74) is 4.48. The molecule has 34 heavy (non-hydrogen) atoms. The molecule has 1 aromatic carbocycles. The van der Waals surface area contributed by atoms with Gasteiger partial charge in [-0.1, -0.05) is 6.92 Å². The number of pyridine rings is 1. The molecular formula is C28H38N4O2. The Morgan fingerprint density at radius 2 is 1.88 bits per heavy atom. The number of aryl methyl sites for hydroxylation is 1. The number of aromatic nitrogens is 2. The van der Waals surface area contributed by atoms with E-state index < -0.39 is 6.02 Å². The maximum absolute atomic E-state index is 9.39. The zero-order valence-corrected chi connectivity index (χ0v) is 20.9. The molecule has 2 atom stereocenters.